The Hall–Kier alpha value is -0.340. The van der Waals surface area contributed by atoms with E-state index in [0.29, 0.717) is 0 Å². The normalized spacial score (nSPS) is 19.9. The van der Waals surface area contributed by atoms with Crippen LogP contribution in [-0.4, -0.2) is 13.1 Å². The Morgan fingerprint density at radius 2 is 2.14 bits per heavy atom. The first-order chi connectivity index (χ1) is 6.59. The van der Waals surface area contributed by atoms with Gasteiger partial charge >= 0.3 is 0 Å². The van der Waals surface area contributed by atoms with Gasteiger partial charge in [-0.15, -0.1) is 0 Å². The zero-order chi connectivity index (χ0) is 10.2. The number of halogens is 1. The van der Waals surface area contributed by atoms with E-state index in [-0.39, 0.29) is 5.41 Å². The topological polar surface area (TPSA) is 12.0 Å². The molecule has 0 fully saturated rings. The van der Waals surface area contributed by atoms with Crippen LogP contribution in [0.1, 0.15) is 25.0 Å². The zero-order valence-electron chi connectivity index (χ0n) is 8.73. The Morgan fingerprint density at radius 3 is 2.93 bits per heavy atom. The molecule has 0 saturated heterocycles. The molecule has 0 amide bonds. The van der Waals surface area contributed by atoms with Crippen LogP contribution in [-0.2, 0) is 11.8 Å². The summed E-state index contributed by atoms with van der Waals surface area (Å²) in [5.41, 5.74) is 3.22. The van der Waals surface area contributed by atoms with Crippen molar-refractivity contribution < 1.29 is 0 Å². The molecule has 2 heteroatoms. The Bertz CT molecular complexity index is 344. The molecule has 0 atom stereocenters. The molecular formula is C12H16BrN. The maximum atomic E-state index is 3.55. The summed E-state index contributed by atoms with van der Waals surface area (Å²) >= 11 is 3.55. The largest absolute Gasteiger partial charge is 0.316 e. The highest BCUT2D eigenvalue weighted by atomic mass is 79.9. The lowest BCUT2D eigenvalue weighted by Crippen LogP contribution is -2.31. The van der Waals surface area contributed by atoms with E-state index < -0.39 is 0 Å². The number of hydrogen-bond donors (Lipinski definition) is 1. The Labute approximate surface area is 94.0 Å². The summed E-state index contributed by atoms with van der Waals surface area (Å²) in [7, 11) is 0. The molecule has 0 saturated carbocycles. The molecular weight excluding hydrogens is 238 g/mol. The van der Waals surface area contributed by atoms with Crippen LogP contribution in [0.25, 0.3) is 0 Å². The fraction of sp³-hybridized carbons (Fsp3) is 0.500. The molecule has 1 N–H and O–H groups in total. The number of rotatable bonds is 0. The minimum absolute atomic E-state index is 0.246. The van der Waals surface area contributed by atoms with Crippen LogP contribution in [0, 0.1) is 0 Å². The first kappa shape index (κ1) is 10.2. The van der Waals surface area contributed by atoms with Crippen molar-refractivity contribution in [1.29, 1.82) is 0 Å². The predicted octanol–water partition coefficient (Wildman–Crippen LogP) is 2.87. The molecule has 14 heavy (non-hydrogen) atoms. The van der Waals surface area contributed by atoms with Crippen LogP contribution in [0.15, 0.2) is 22.7 Å². The predicted molar refractivity (Wildman–Crippen MR) is 63.7 cm³/mol. The van der Waals surface area contributed by atoms with Gasteiger partial charge in [-0.25, -0.2) is 0 Å². The van der Waals surface area contributed by atoms with E-state index in [4.69, 9.17) is 0 Å². The monoisotopic (exact) mass is 253 g/mol. The molecule has 1 nitrogen and oxygen atoms in total. The lowest BCUT2D eigenvalue weighted by Gasteiger charge is -2.25. The second-order valence-corrected chi connectivity index (χ2v) is 5.53. The van der Waals surface area contributed by atoms with Crippen molar-refractivity contribution >= 4 is 15.9 Å². The first-order valence-corrected chi connectivity index (χ1v) is 5.88. The maximum absolute atomic E-state index is 3.55. The van der Waals surface area contributed by atoms with Crippen molar-refractivity contribution in [2.75, 3.05) is 13.1 Å². The molecule has 0 aromatic heterocycles. The average molecular weight is 254 g/mol. The highest BCUT2D eigenvalue weighted by molar-refractivity contribution is 9.10. The van der Waals surface area contributed by atoms with Gasteiger partial charge in [0.2, 0.25) is 0 Å². The minimum atomic E-state index is 0.246. The third kappa shape index (κ3) is 1.86. The smallest absolute Gasteiger partial charge is 0.0178 e. The van der Waals surface area contributed by atoms with Gasteiger partial charge in [-0.3, -0.25) is 0 Å². The van der Waals surface area contributed by atoms with Crippen LogP contribution < -0.4 is 5.32 Å². The van der Waals surface area contributed by atoms with E-state index in [0.717, 1.165) is 19.5 Å². The van der Waals surface area contributed by atoms with E-state index in [2.05, 4.69) is 53.3 Å². The average Bonchev–Trinajstić information content (AvgIpc) is 2.26. The second-order valence-electron chi connectivity index (χ2n) is 4.61. The molecule has 1 aromatic carbocycles. The summed E-state index contributed by atoms with van der Waals surface area (Å²) in [6, 6.07) is 6.65. The third-order valence-electron chi connectivity index (χ3n) is 2.94. The SMILES string of the molecule is CC1(C)CNCCc2ccc(Br)cc21. The second kappa shape index (κ2) is 3.67. The fourth-order valence-electron chi connectivity index (χ4n) is 2.12. The highest BCUT2D eigenvalue weighted by Gasteiger charge is 2.25. The molecule has 1 aliphatic rings. The summed E-state index contributed by atoms with van der Waals surface area (Å²) in [6.07, 6.45) is 1.14. The van der Waals surface area contributed by atoms with Gasteiger partial charge in [-0.05, 0) is 36.2 Å². The molecule has 0 unspecified atom stereocenters. The van der Waals surface area contributed by atoms with Gasteiger partial charge in [0.15, 0.2) is 0 Å². The minimum Gasteiger partial charge on any atom is -0.316 e. The van der Waals surface area contributed by atoms with Crippen molar-refractivity contribution in [2.24, 2.45) is 0 Å². The molecule has 0 bridgehead atoms. The molecule has 1 aliphatic heterocycles. The summed E-state index contributed by atoms with van der Waals surface area (Å²) < 4.78 is 1.19. The van der Waals surface area contributed by atoms with Crippen molar-refractivity contribution in [3.05, 3.63) is 33.8 Å². The standard InChI is InChI=1S/C12H16BrN/c1-12(2)8-14-6-5-9-3-4-10(13)7-11(9)12/h3-4,7,14H,5-6,8H2,1-2H3. The summed E-state index contributed by atoms with van der Waals surface area (Å²) in [6.45, 7) is 6.77. The van der Waals surface area contributed by atoms with Crippen molar-refractivity contribution in [3.63, 3.8) is 0 Å². The lowest BCUT2D eigenvalue weighted by molar-refractivity contribution is 0.488. The molecule has 0 spiro atoms. The number of fused-ring (bicyclic) bond motifs is 1. The van der Waals surface area contributed by atoms with Crippen LogP contribution in [0.5, 0.6) is 0 Å². The molecule has 0 aliphatic carbocycles. The zero-order valence-corrected chi connectivity index (χ0v) is 10.3. The molecule has 76 valence electrons. The van der Waals surface area contributed by atoms with Crippen LogP contribution >= 0.6 is 15.9 Å². The van der Waals surface area contributed by atoms with E-state index in [1.165, 1.54) is 15.6 Å². The van der Waals surface area contributed by atoms with E-state index >= 15 is 0 Å². The number of hydrogen-bond acceptors (Lipinski definition) is 1. The Kier molecular flexibility index (Phi) is 2.67. The van der Waals surface area contributed by atoms with Crippen molar-refractivity contribution in [3.8, 4) is 0 Å². The maximum Gasteiger partial charge on any atom is 0.0178 e. The van der Waals surface area contributed by atoms with Gasteiger partial charge in [-0.1, -0.05) is 35.8 Å². The summed E-state index contributed by atoms with van der Waals surface area (Å²) in [4.78, 5) is 0. The van der Waals surface area contributed by atoms with Gasteiger partial charge in [0.05, 0.1) is 0 Å². The van der Waals surface area contributed by atoms with E-state index in [1.54, 1.807) is 0 Å². The van der Waals surface area contributed by atoms with Gasteiger partial charge < -0.3 is 5.32 Å². The Morgan fingerprint density at radius 1 is 1.36 bits per heavy atom. The Balaban J connectivity index is 2.52. The van der Waals surface area contributed by atoms with E-state index in [9.17, 15) is 0 Å². The quantitative estimate of drug-likeness (QED) is 0.750. The van der Waals surface area contributed by atoms with Crippen molar-refractivity contribution in [1.82, 2.24) is 5.32 Å². The highest BCUT2D eigenvalue weighted by Crippen LogP contribution is 2.30. The van der Waals surface area contributed by atoms with Crippen molar-refractivity contribution in [2.45, 2.75) is 25.7 Å². The van der Waals surface area contributed by atoms with Gasteiger partial charge in [-0.2, -0.15) is 0 Å². The fourth-order valence-corrected chi connectivity index (χ4v) is 2.48. The molecule has 1 heterocycles. The third-order valence-corrected chi connectivity index (χ3v) is 3.43. The van der Waals surface area contributed by atoms with Gasteiger partial charge in [0.25, 0.3) is 0 Å². The van der Waals surface area contributed by atoms with Crippen LogP contribution in [0.4, 0.5) is 0 Å². The van der Waals surface area contributed by atoms with Gasteiger partial charge in [0.1, 0.15) is 0 Å². The lowest BCUT2D eigenvalue weighted by atomic mass is 9.82. The van der Waals surface area contributed by atoms with E-state index in [1.807, 2.05) is 0 Å². The van der Waals surface area contributed by atoms with Gasteiger partial charge in [0, 0.05) is 16.4 Å². The summed E-state index contributed by atoms with van der Waals surface area (Å²) in [5, 5.41) is 3.49. The van der Waals surface area contributed by atoms with Crippen LogP contribution in [0.2, 0.25) is 0 Å². The number of benzene rings is 1. The molecule has 2 rings (SSSR count). The summed E-state index contributed by atoms with van der Waals surface area (Å²) in [5.74, 6) is 0. The molecule has 0 radical (unpaired) electrons. The molecule has 1 aromatic rings. The van der Waals surface area contributed by atoms with Crippen LogP contribution in [0.3, 0.4) is 0 Å². The number of nitrogens with one attached hydrogen (secondary N) is 1. The first-order valence-electron chi connectivity index (χ1n) is 5.09.